The quantitative estimate of drug-likeness (QED) is 0.172. The standard InChI is InChI=1S/C32H44N4O5.C2H6/c1-9-12-25(18-29(38)40-10-2)35(8)26-16-15-24(33-31(39)41-32(4,5)6)17-28(26)36(21-37)20-23-19-34(7)27-14-11-13-22(3)30(23)27;1-2/h11,13-17,19,21,25H,9-10,12,18,20H2,1-8H3,(H,33,39);1-2H3. The van der Waals surface area contributed by atoms with Gasteiger partial charge < -0.3 is 23.8 Å². The Hall–Kier alpha value is -4.01. The first-order chi connectivity index (χ1) is 20.4. The molecule has 0 radical (unpaired) electrons. The Morgan fingerprint density at radius 2 is 1.79 bits per heavy atom. The summed E-state index contributed by atoms with van der Waals surface area (Å²) in [5.74, 6) is -0.263. The monoisotopic (exact) mass is 594 g/mol. The molecule has 1 unspecified atom stereocenters. The normalized spacial score (nSPS) is 11.7. The third kappa shape index (κ3) is 9.49. The summed E-state index contributed by atoms with van der Waals surface area (Å²) in [4.78, 5) is 41.4. The summed E-state index contributed by atoms with van der Waals surface area (Å²) in [5.41, 5.74) is 4.40. The summed E-state index contributed by atoms with van der Waals surface area (Å²) in [6, 6.07) is 11.4. The lowest BCUT2D eigenvalue weighted by Crippen LogP contribution is -2.35. The van der Waals surface area contributed by atoms with Crippen LogP contribution in [-0.2, 0) is 32.7 Å². The number of esters is 1. The second-order valence-electron chi connectivity index (χ2n) is 11.4. The van der Waals surface area contributed by atoms with E-state index in [1.54, 1.807) is 44.7 Å². The number of aryl methyl sites for hydroxylation is 2. The Morgan fingerprint density at radius 3 is 2.40 bits per heavy atom. The number of amides is 2. The van der Waals surface area contributed by atoms with Crippen molar-refractivity contribution in [3.63, 3.8) is 0 Å². The molecule has 9 heteroatoms. The van der Waals surface area contributed by atoms with Gasteiger partial charge in [-0.25, -0.2) is 4.79 Å². The zero-order chi connectivity index (χ0) is 32.3. The van der Waals surface area contributed by atoms with Gasteiger partial charge in [0.2, 0.25) is 6.41 Å². The van der Waals surface area contributed by atoms with Crippen LogP contribution in [0.2, 0.25) is 0 Å². The van der Waals surface area contributed by atoms with Gasteiger partial charge in [0.05, 0.1) is 30.9 Å². The Kier molecular flexibility index (Phi) is 13.1. The van der Waals surface area contributed by atoms with Gasteiger partial charge >= 0.3 is 12.1 Å². The van der Waals surface area contributed by atoms with Crippen molar-refractivity contribution in [2.45, 2.75) is 92.8 Å². The minimum atomic E-state index is -0.658. The highest BCUT2D eigenvalue weighted by Gasteiger charge is 2.25. The summed E-state index contributed by atoms with van der Waals surface area (Å²) in [6.07, 6.45) is 4.12. The number of carbonyl (C=O) groups excluding carboxylic acids is 3. The first-order valence-electron chi connectivity index (χ1n) is 15.2. The maximum absolute atomic E-state index is 12.7. The summed E-state index contributed by atoms with van der Waals surface area (Å²) < 4.78 is 12.7. The second-order valence-corrected chi connectivity index (χ2v) is 11.4. The number of hydrogen-bond donors (Lipinski definition) is 1. The minimum absolute atomic E-state index is 0.143. The number of rotatable bonds is 12. The van der Waals surface area contributed by atoms with Crippen molar-refractivity contribution in [2.75, 3.05) is 28.8 Å². The molecule has 9 nitrogen and oxygen atoms in total. The molecule has 0 saturated carbocycles. The first-order valence-corrected chi connectivity index (χ1v) is 15.2. The molecule has 0 bridgehead atoms. The van der Waals surface area contributed by atoms with Crippen LogP contribution in [0.5, 0.6) is 0 Å². The molecule has 0 aliphatic heterocycles. The van der Waals surface area contributed by atoms with Crippen molar-refractivity contribution >= 4 is 46.4 Å². The number of nitrogens with zero attached hydrogens (tertiary/aromatic N) is 3. The molecule has 1 N–H and O–H groups in total. The van der Waals surface area contributed by atoms with E-state index in [9.17, 15) is 14.4 Å². The van der Waals surface area contributed by atoms with E-state index in [1.807, 2.05) is 51.2 Å². The number of hydrogen-bond acceptors (Lipinski definition) is 6. The summed E-state index contributed by atoms with van der Waals surface area (Å²) in [7, 11) is 3.91. The van der Waals surface area contributed by atoms with E-state index in [0.717, 1.165) is 47.0 Å². The van der Waals surface area contributed by atoms with Gasteiger partial charge in [0.25, 0.3) is 0 Å². The SMILES string of the molecule is CC.CCCC(CC(=O)OCC)N(C)c1ccc(NC(=O)OC(C)(C)C)cc1N(C=O)Cc1cn(C)c2cccc(C)c12. The molecule has 1 aromatic heterocycles. The summed E-state index contributed by atoms with van der Waals surface area (Å²) >= 11 is 0. The van der Waals surface area contributed by atoms with E-state index in [-0.39, 0.29) is 18.4 Å². The van der Waals surface area contributed by atoms with Crippen molar-refractivity contribution in [3.8, 4) is 0 Å². The highest BCUT2D eigenvalue weighted by Crippen LogP contribution is 2.36. The van der Waals surface area contributed by atoms with Crippen LogP contribution >= 0.6 is 0 Å². The van der Waals surface area contributed by atoms with Crippen molar-refractivity contribution < 1.29 is 23.9 Å². The van der Waals surface area contributed by atoms with E-state index in [2.05, 4.69) is 35.9 Å². The van der Waals surface area contributed by atoms with Crippen LogP contribution < -0.4 is 15.1 Å². The molecule has 0 spiro atoms. The molecular formula is C34H50N4O5. The molecule has 3 aromatic rings. The molecule has 0 saturated heterocycles. The zero-order valence-corrected chi connectivity index (χ0v) is 27.6. The molecule has 43 heavy (non-hydrogen) atoms. The predicted molar refractivity (Wildman–Crippen MR) is 176 cm³/mol. The molecule has 2 aromatic carbocycles. The fourth-order valence-corrected chi connectivity index (χ4v) is 5.14. The number of benzene rings is 2. The van der Waals surface area contributed by atoms with E-state index < -0.39 is 11.7 Å². The number of nitrogens with one attached hydrogen (secondary N) is 1. The van der Waals surface area contributed by atoms with Crippen molar-refractivity contribution in [3.05, 3.63) is 53.7 Å². The second kappa shape index (κ2) is 16.0. The maximum Gasteiger partial charge on any atom is 0.412 e. The average Bonchev–Trinajstić information content (AvgIpc) is 3.27. The highest BCUT2D eigenvalue weighted by molar-refractivity contribution is 5.92. The van der Waals surface area contributed by atoms with Gasteiger partial charge in [-0.3, -0.25) is 14.9 Å². The van der Waals surface area contributed by atoms with Gasteiger partial charge in [-0.2, -0.15) is 0 Å². The Labute approximate surface area is 257 Å². The van der Waals surface area contributed by atoms with Crippen LogP contribution in [0.1, 0.15) is 78.9 Å². The van der Waals surface area contributed by atoms with Crippen LogP contribution in [0.3, 0.4) is 0 Å². The van der Waals surface area contributed by atoms with Gasteiger partial charge in [0.1, 0.15) is 5.60 Å². The van der Waals surface area contributed by atoms with Gasteiger partial charge in [-0.15, -0.1) is 0 Å². The third-order valence-electron chi connectivity index (χ3n) is 6.96. The minimum Gasteiger partial charge on any atom is -0.466 e. The Balaban J connectivity index is 0.00000316. The van der Waals surface area contributed by atoms with Crippen molar-refractivity contribution in [1.82, 2.24) is 4.57 Å². The first kappa shape index (κ1) is 35.2. The van der Waals surface area contributed by atoms with Gasteiger partial charge in [-0.1, -0.05) is 39.3 Å². The van der Waals surface area contributed by atoms with Crippen molar-refractivity contribution in [2.24, 2.45) is 7.05 Å². The number of fused-ring (bicyclic) bond motifs is 1. The predicted octanol–water partition coefficient (Wildman–Crippen LogP) is 7.58. The largest absolute Gasteiger partial charge is 0.466 e. The Bertz CT molecular complexity index is 1380. The lowest BCUT2D eigenvalue weighted by Gasteiger charge is -2.33. The zero-order valence-electron chi connectivity index (χ0n) is 27.6. The van der Waals surface area contributed by atoms with Crippen molar-refractivity contribution in [1.29, 1.82) is 0 Å². The molecule has 2 amide bonds. The van der Waals surface area contributed by atoms with Gasteiger partial charge in [0, 0.05) is 42.9 Å². The number of anilines is 3. The van der Waals surface area contributed by atoms with Gasteiger partial charge in [0.15, 0.2) is 0 Å². The number of ether oxygens (including phenoxy) is 2. The van der Waals surface area contributed by atoms with E-state index in [4.69, 9.17) is 9.47 Å². The smallest absolute Gasteiger partial charge is 0.412 e. The highest BCUT2D eigenvalue weighted by atomic mass is 16.6. The van der Waals surface area contributed by atoms with E-state index >= 15 is 0 Å². The van der Waals surface area contributed by atoms with Crippen LogP contribution in [-0.4, -0.2) is 48.3 Å². The lowest BCUT2D eigenvalue weighted by atomic mass is 10.0. The van der Waals surface area contributed by atoms with E-state index in [0.29, 0.717) is 24.5 Å². The van der Waals surface area contributed by atoms with Gasteiger partial charge in [-0.05, 0) is 76.4 Å². The summed E-state index contributed by atoms with van der Waals surface area (Å²) in [5, 5.41) is 3.90. The number of carbonyl (C=O) groups is 3. The number of aromatic nitrogens is 1. The Morgan fingerprint density at radius 1 is 1.09 bits per heavy atom. The molecule has 236 valence electrons. The molecule has 1 atom stereocenters. The maximum atomic E-state index is 12.7. The topological polar surface area (TPSA) is 93.1 Å². The fraction of sp³-hybridized carbons (Fsp3) is 0.500. The van der Waals surface area contributed by atoms with Crippen LogP contribution in [0.25, 0.3) is 10.9 Å². The van der Waals surface area contributed by atoms with Crippen LogP contribution in [0.15, 0.2) is 42.6 Å². The molecule has 3 rings (SSSR count). The lowest BCUT2D eigenvalue weighted by molar-refractivity contribution is -0.143. The molecule has 1 heterocycles. The van der Waals surface area contributed by atoms with Crippen LogP contribution in [0, 0.1) is 6.92 Å². The fourth-order valence-electron chi connectivity index (χ4n) is 5.14. The molecular weight excluding hydrogens is 544 g/mol. The average molecular weight is 595 g/mol. The molecule has 0 aliphatic rings. The molecule has 0 aliphatic carbocycles. The van der Waals surface area contributed by atoms with Crippen LogP contribution in [0.4, 0.5) is 21.9 Å². The summed E-state index contributed by atoms with van der Waals surface area (Å²) in [6.45, 7) is 16.0. The van der Waals surface area contributed by atoms with E-state index in [1.165, 1.54) is 0 Å². The third-order valence-corrected chi connectivity index (χ3v) is 6.96. The molecule has 0 fully saturated rings.